The van der Waals surface area contributed by atoms with Crippen molar-refractivity contribution in [2.45, 2.75) is 89.8 Å². The van der Waals surface area contributed by atoms with Crippen molar-refractivity contribution in [2.75, 3.05) is 14.2 Å². The third-order valence-corrected chi connectivity index (χ3v) is 9.02. The Bertz CT molecular complexity index is 1260. The van der Waals surface area contributed by atoms with E-state index in [9.17, 15) is 4.79 Å². The molecule has 3 heterocycles. The van der Waals surface area contributed by atoms with Crippen molar-refractivity contribution in [2.24, 2.45) is 0 Å². The minimum Gasteiger partial charge on any atom is -0.493 e. The van der Waals surface area contributed by atoms with Crippen molar-refractivity contribution < 1.29 is 37.6 Å². The number of benzene rings is 2. The fraction of sp³-hybridized carbons (Fsp3) is 0.552. The number of methoxy groups -OCH3 is 2. The highest BCUT2D eigenvalue weighted by molar-refractivity contribution is 6.74. The number of hydrogen-bond donors (Lipinski definition) is 0. The second-order valence-corrected chi connectivity index (χ2v) is 12.5. The molecule has 39 heavy (non-hydrogen) atoms. The van der Waals surface area contributed by atoms with Gasteiger partial charge >= 0.3 is 20.2 Å². The second-order valence-electron chi connectivity index (χ2n) is 12.5. The van der Waals surface area contributed by atoms with E-state index in [1.54, 1.807) is 7.11 Å². The molecule has 2 aromatic rings. The highest BCUT2D eigenvalue weighted by atomic mass is 16.7. The molecule has 3 aliphatic heterocycles. The summed E-state index contributed by atoms with van der Waals surface area (Å²) in [5, 5.41) is 0. The van der Waals surface area contributed by atoms with Crippen LogP contribution in [0.3, 0.4) is 0 Å². The van der Waals surface area contributed by atoms with Gasteiger partial charge in [-0.1, -0.05) is 30.3 Å². The van der Waals surface area contributed by atoms with E-state index in [1.807, 2.05) is 91.8 Å². The lowest BCUT2D eigenvalue weighted by Crippen LogP contribution is -2.52. The summed E-state index contributed by atoms with van der Waals surface area (Å²) in [5.41, 5.74) is 0.912. The van der Waals surface area contributed by atoms with E-state index >= 15 is 0 Å². The topological polar surface area (TPSA) is 81.7 Å². The minimum atomic E-state index is -0.682. The number of hydrogen-bond acceptors (Lipinski definition) is 8. The van der Waals surface area contributed by atoms with Crippen molar-refractivity contribution in [1.29, 1.82) is 0 Å². The summed E-state index contributed by atoms with van der Waals surface area (Å²) in [4.78, 5) is 13.1. The fourth-order valence-corrected chi connectivity index (χ4v) is 5.19. The number of para-hydroxylation sites is 1. The maximum absolute atomic E-state index is 13.1. The van der Waals surface area contributed by atoms with E-state index in [4.69, 9.17) is 32.8 Å². The summed E-state index contributed by atoms with van der Waals surface area (Å²) in [6.45, 7) is 16.1. The van der Waals surface area contributed by atoms with Crippen LogP contribution in [-0.4, -0.2) is 56.8 Å². The first-order valence-electron chi connectivity index (χ1n) is 13.4. The van der Waals surface area contributed by atoms with Crippen molar-refractivity contribution >= 4 is 31.1 Å². The molecule has 0 unspecified atom stereocenters. The molecule has 0 N–H and O–H groups in total. The predicted molar refractivity (Wildman–Crippen MR) is 149 cm³/mol. The van der Waals surface area contributed by atoms with Gasteiger partial charge in [-0.2, -0.15) is 0 Å². The summed E-state index contributed by atoms with van der Waals surface area (Å²) in [5.74, 6) is 0.0321. The molecule has 0 saturated carbocycles. The van der Waals surface area contributed by atoms with E-state index < -0.39 is 48.7 Å². The second kappa shape index (κ2) is 9.26. The lowest BCUT2D eigenvalue weighted by atomic mass is 9.64. The van der Waals surface area contributed by atoms with Crippen LogP contribution < -0.4 is 20.4 Å². The van der Waals surface area contributed by atoms with Crippen LogP contribution in [0, 0.1) is 0 Å². The average molecular weight is 536 g/mol. The SMILES string of the molecule is COC(=O)[C@H]1c2cccc(OC)c2O[C@@H]1c1ccc(B2OC(C)(C)C(C)(C)O2)c(B2OC(C)(C)C(C)(C)O2)c1. The molecule has 2 fully saturated rings. The maximum Gasteiger partial charge on any atom is 0.494 e. The summed E-state index contributed by atoms with van der Waals surface area (Å²) in [7, 11) is 1.65. The molecule has 3 aliphatic rings. The molecule has 2 atom stereocenters. The Balaban J connectivity index is 1.61. The lowest BCUT2D eigenvalue weighted by Gasteiger charge is -2.32. The third kappa shape index (κ3) is 4.46. The number of rotatable bonds is 5. The number of esters is 1. The van der Waals surface area contributed by atoms with E-state index in [-0.39, 0.29) is 5.97 Å². The Morgan fingerprint density at radius 1 is 0.769 bits per heavy atom. The first-order chi connectivity index (χ1) is 18.1. The molecule has 2 aromatic carbocycles. The zero-order chi connectivity index (χ0) is 28.5. The molecule has 0 amide bonds. The largest absolute Gasteiger partial charge is 0.494 e. The van der Waals surface area contributed by atoms with Crippen molar-refractivity contribution in [3.8, 4) is 11.5 Å². The summed E-state index contributed by atoms with van der Waals surface area (Å²) in [6, 6.07) is 11.4. The Kier molecular flexibility index (Phi) is 6.66. The molecular formula is C29H38B2O8. The zero-order valence-corrected chi connectivity index (χ0v) is 24.5. The van der Waals surface area contributed by atoms with Crippen molar-refractivity contribution in [3.63, 3.8) is 0 Å². The van der Waals surface area contributed by atoms with Crippen LogP contribution in [0.5, 0.6) is 11.5 Å². The van der Waals surface area contributed by atoms with Crippen LogP contribution in [0.1, 0.15) is 78.5 Å². The number of fused-ring (bicyclic) bond motifs is 1. The molecular weight excluding hydrogens is 498 g/mol. The highest BCUT2D eigenvalue weighted by Gasteiger charge is 2.56. The molecule has 0 aliphatic carbocycles. The van der Waals surface area contributed by atoms with Gasteiger partial charge in [-0.3, -0.25) is 4.79 Å². The predicted octanol–water partition coefficient (Wildman–Crippen LogP) is 3.68. The molecule has 0 spiro atoms. The Hall–Kier alpha value is -2.52. The van der Waals surface area contributed by atoms with E-state index in [1.165, 1.54) is 7.11 Å². The van der Waals surface area contributed by atoms with Crippen LogP contribution in [-0.2, 0) is 28.1 Å². The van der Waals surface area contributed by atoms with Gasteiger partial charge in [0.05, 0.1) is 36.6 Å². The summed E-state index contributed by atoms with van der Waals surface area (Å²) >= 11 is 0. The number of ether oxygens (including phenoxy) is 3. The molecule has 8 nitrogen and oxygen atoms in total. The van der Waals surface area contributed by atoms with Crippen LogP contribution in [0.25, 0.3) is 0 Å². The molecule has 0 aromatic heterocycles. The minimum absolute atomic E-state index is 0.390. The summed E-state index contributed by atoms with van der Waals surface area (Å²) < 4.78 is 42.9. The quantitative estimate of drug-likeness (QED) is 0.423. The van der Waals surface area contributed by atoms with Gasteiger partial charge in [0, 0.05) is 5.56 Å². The third-order valence-electron chi connectivity index (χ3n) is 9.02. The molecule has 0 radical (unpaired) electrons. The molecule has 208 valence electrons. The fourth-order valence-electron chi connectivity index (χ4n) is 5.19. The van der Waals surface area contributed by atoms with Crippen molar-refractivity contribution in [3.05, 3.63) is 47.5 Å². The Morgan fingerprint density at radius 2 is 1.31 bits per heavy atom. The molecule has 10 heteroatoms. The van der Waals surface area contributed by atoms with Gasteiger partial charge in [-0.15, -0.1) is 0 Å². The first kappa shape index (κ1) is 28.0. The average Bonchev–Trinajstić information content (AvgIpc) is 3.43. The monoisotopic (exact) mass is 536 g/mol. The summed E-state index contributed by atoms with van der Waals surface area (Å²) in [6.07, 6.45) is -0.641. The Morgan fingerprint density at radius 3 is 1.82 bits per heavy atom. The van der Waals surface area contributed by atoms with Gasteiger partial charge in [0.15, 0.2) is 11.5 Å². The van der Waals surface area contributed by atoms with Crippen LogP contribution >= 0.6 is 0 Å². The van der Waals surface area contributed by atoms with Crippen molar-refractivity contribution in [1.82, 2.24) is 0 Å². The number of carbonyl (C=O) groups excluding carboxylic acids is 1. The standard InChI is InChI=1S/C29H38B2O8/c1-26(2)27(3,4)37-30(36-26)19-15-14-17(16-20(19)31-38-28(5,6)29(7,8)39-31)23-22(25(32)34-10)18-12-11-13-21(33-9)24(18)35-23/h11-16,22-23H,1-10H3/t22-,23+/m0/s1. The molecule has 5 rings (SSSR count). The van der Waals surface area contributed by atoms with E-state index in [0.29, 0.717) is 11.5 Å². The van der Waals surface area contributed by atoms with Gasteiger partial charge in [0.1, 0.15) is 12.0 Å². The first-order valence-corrected chi connectivity index (χ1v) is 13.4. The zero-order valence-electron chi connectivity index (χ0n) is 24.5. The van der Waals surface area contributed by atoms with Gasteiger partial charge in [-0.05, 0) is 77.9 Å². The molecule has 2 saturated heterocycles. The van der Waals surface area contributed by atoms with Crippen LogP contribution in [0.4, 0.5) is 0 Å². The molecule has 0 bridgehead atoms. The van der Waals surface area contributed by atoms with Gasteiger partial charge in [-0.25, -0.2) is 0 Å². The maximum atomic E-state index is 13.1. The van der Waals surface area contributed by atoms with Crippen LogP contribution in [0.15, 0.2) is 36.4 Å². The Labute approximate surface area is 231 Å². The normalized spacial score (nSPS) is 25.8. The van der Waals surface area contributed by atoms with E-state index in [2.05, 4.69) is 0 Å². The van der Waals surface area contributed by atoms with Crippen LogP contribution in [0.2, 0.25) is 0 Å². The van der Waals surface area contributed by atoms with E-state index in [0.717, 1.165) is 22.1 Å². The van der Waals surface area contributed by atoms with Gasteiger partial charge < -0.3 is 32.8 Å². The van der Waals surface area contributed by atoms with Gasteiger partial charge in [0.2, 0.25) is 0 Å². The number of carbonyl (C=O) groups is 1. The van der Waals surface area contributed by atoms with Gasteiger partial charge in [0.25, 0.3) is 0 Å². The lowest BCUT2D eigenvalue weighted by molar-refractivity contribution is -0.144. The smallest absolute Gasteiger partial charge is 0.493 e. The highest BCUT2D eigenvalue weighted by Crippen LogP contribution is 2.50.